The number of rotatable bonds is 12. The Kier molecular flexibility index (Phi) is 10.2. The maximum Gasteiger partial charge on any atom is 0.311 e. The van der Waals surface area contributed by atoms with Crippen LogP contribution in [0.4, 0.5) is 0 Å². The molecule has 25 heavy (non-hydrogen) atoms. The highest BCUT2D eigenvalue weighted by atomic mass is 16.6. The van der Waals surface area contributed by atoms with Crippen LogP contribution in [0.5, 0.6) is 0 Å². The number of methoxy groups -OCH3 is 1. The lowest BCUT2D eigenvalue weighted by Crippen LogP contribution is -2.25. The number of ether oxygens (including phenoxy) is 2. The Balaban J connectivity index is 2.04. The molecule has 0 aromatic rings. The van der Waals surface area contributed by atoms with E-state index in [2.05, 4.69) is 18.8 Å². The first-order valence-electron chi connectivity index (χ1n) is 9.82. The highest BCUT2D eigenvalue weighted by molar-refractivity contribution is 5.75. The molecule has 0 saturated carbocycles. The highest BCUT2D eigenvalue weighted by Crippen LogP contribution is 2.30. The molecular formula is C21H36O4. The fourth-order valence-corrected chi connectivity index (χ4v) is 3.03. The van der Waals surface area contributed by atoms with Crippen LogP contribution in [0, 0.1) is 17.3 Å². The van der Waals surface area contributed by atoms with Crippen molar-refractivity contribution in [2.75, 3.05) is 7.11 Å². The third-order valence-electron chi connectivity index (χ3n) is 4.87. The van der Waals surface area contributed by atoms with Gasteiger partial charge in [-0.05, 0) is 33.1 Å². The number of esters is 1. The fraction of sp³-hybridized carbons (Fsp3) is 0.857. The number of carbonyl (C=O) groups excluding carboxylic acids is 1. The van der Waals surface area contributed by atoms with Crippen LogP contribution in [-0.4, -0.2) is 36.5 Å². The topological polar surface area (TPSA) is 59.1 Å². The van der Waals surface area contributed by atoms with Crippen molar-refractivity contribution in [2.24, 2.45) is 5.41 Å². The molecule has 1 saturated heterocycles. The van der Waals surface area contributed by atoms with Crippen LogP contribution >= 0.6 is 0 Å². The predicted octanol–water partition coefficient (Wildman–Crippen LogP) is 4.24. The van der Waals surface area contributed by atoms with E-state index in [0.29, 0.717) is 0 Å². The van der Waals surface area contributed by atoms with Gasteiger partial charge in [0.25, 0.3) is 0 Å². The van der Waals surface area contributed by atoms with E-state index in [0.717, 1.165) is 44.9 Å². The van der Waals surface area contributed by atoms with Crippen LogP contribution in [0.25, 0.3) is 0 Å². The lowest BCUT2D eigenvalue weighted by Gasteiger charge is -2.20. The largest absolute Gasteiger partial charge is 0.469 e. The van der Waals surface area contributed by atoms with Crippen LogP contribution < -0.4 is 0 Å². The summed E-state index contributed by atoms with van der Waals surface area (Å²) in [5.74, 6) is 5.86. The molecular weight excluding hydrogens is 316 g/mol. The number of carbonyl (C=O) groups is 1. The van der Waals surface area contributed by atoms with Gasteiger partial charge in [0.2, 0.25) is 0 Å². The van der Waals surface area contributed by atoms with E-state index in [1.54, 1.807) is 0 Å². The molecule has 1 fully saturated rings. The zero-order valence-corrected chi connectivity index (χ0v) is 16.5. The number of epoxide rings is 1. The van der Waals surface area contributed by atoms with Crippen LogP contribution in [-0.2, 0) is 14.3 Å². The molecule has 0 aromatic heterocycles. The lowest BCUT2D eigenvalue weighted by atomic mass is 9.87. The SMILES string of the molecule is CCCCCC1OC1C(O)C#CCCCCCCC(C)(C)C(=O)OC. The molecule has 4 heteroatoms. The van der Waals surface area contributed by atoms with Crippen molar-refractivity contribution in [1.82, 2.24) is 0 Å². The first kappa shape index (κ1) is 22.0. The van der Waals surface area contributed by atoms with E-state index in [9.17, 15) is 9.90 Å². The van der Waals surface area contributed by atoms with Gasteiger partial charge in [0.15, 0.2) is 0 Å². The van der Waals surface area contributed by atoms with Crippen molar-refractivity contribution in [3.05, 3.63) is 0 Å². The minimum Gasteiger partial charge on any atom is -0.469 e. The lowest BCUT2D eigenvalue weighted by molar-refractivity contribution is -0.151. The van der Waals surface area contributed by atoms with Crippen LogP contribution in [0.1, 0.15) is 85.0 Å². The smallest absolute Gasteiger partial charge is 0.311 e. The molecule has 3 unspecified atom stereocenters. The van der Waals surface area contributed by atoms with E-state index >= 15 is 0 Å². The van der Waals surface area contributed by atoms with Gasteiger partial charge in [-0.2, -0.15) is 0 Å². The van der Waals surface area contributed by atoms with Crippen molar-refractivity contribution >= 4 is 5.97 Å². The van der Waals surface area contributed by atoms with Crippen molar-refractivity contribution in [2.45, 2.75) is 103 Å². The Hall–Kier alpha value is -1.05. The standard InChI is InChI=1S/C21H36O4/c1-5-6-11-15-18-19(25-18)17(22)14-12-9-7-8-10-13-16-21(2,3)20(23)24-4/h17-19,22H,5-11,13,15-16H2,1-4H3. The van der Waals surface area contributed by atoms with Gasteiger partial charge < -0.3 is 14.6 Å². The van der Waals surface area contributed by atoms with Crippen molar-refractivity contribution < 1.29 is 19.4 Å². The number of aliphatic hydroxyl groups is 1. The number of hydrogen-bond acceptors (Lipinski definition) is 4. The summed E-state index contributed by atoms with van der Waals surface area (Å²) >= 11 is 0. The molecule has 3 atom stereocenters. The average Bonchev–Trinajstić information content (AvgIpc) is 3.36. The monoisotopic (exact) mass is 352 g/mol. The van der Waals surface area contributed by atoms with Crippen molar-refractivity contribution in [3.63, 3.8) is 0 Å². The number of aliphatic hydroxyl groups excluding tert-OH is 1. The highest BCUT2D eigenvalue weighted by Gasteiger charge is 2.42. The Morgan fingerprint density at radius 2 is 1.92 bits per heavy atom. The molecule has 4 nitrogen and oxygen atoms in total. The summed E-state index contributed by atoms with van der Waals surface area (Å²) in [7, 11) is 1.44. The van der Waals surface area contributed by atoms with Crippen molar-refractivity contribution in [3.8, 4) is 11.8 Å². The third-order valence-corrected chi connectivity index (χ3v) is 4.87. The van der Waals surface area contributed by atoms with E-state index in [1.165, 1.54) is 26.4 Å². The second kappa shape index (κ2) is 11.5. The van der Waals surface area contributed by atoms with Crippen molar-refractivity contribution in [1.29, 1.82) is 0 Å². The maximum absolute atomic E-state index is 11.6. The third kappa shape index (κ3) is 8.74. The van der Waals surface area contributed by atoms with Crippen LogP contribution in [0.2, 0.25) is 0 Å². The van der Waals surface area contributed by atoms with Gasteiger partial charge >= 0.3 is 5.97 Å². The van der Waals surface area contributed by atoms with Gasteiger partial charge in [-0.3, -0.25) is 4.79 Å². The Labute approximate surface area is 153 Å². The molecule has 0 spiro atoms. The van der Waals surface area contributed by atoms with E-state index < -0.39 is 11.5 Å². The minimum atomic E-state index is -0.632. The molecule has 1 N–H and O–H groups in total. The molecule has 0 radical (unpaired) electrons. The molecule has 1 aliphatic heterocycles. The Bertz CT molecular complexity index is 447. The van der Waals surface area contributed by atoms with E-state index in [-0.39, 0.29) is 18.2 Å². The Morgan fingerprint density at radius 3 is 2.60 bits per heavy atom. The summed E-state index contributed by atoms with van der Waals surface area (Å²) in [6.07, 6.45) is 10.1. The summed E-state index contributed by atoms with van der Waals surface area (Å²) in [4.78, 5) is 11.6. The summed E-state index contributed by atoms with van der Waals surface area (Å²) < 4.78 is 10.3. The molecule has 144 valence electrons. The second-order valence-corrected chi connectivity index (χ2v) is 7.69. The number of hydrogen-bond donors (Lipinski definition) is 1. The van der Waals surface area contributed by atoms with Gasteiger partial charge in [-0.15, -0.1) is 5.92 Å². The first-order valence-corrected chi connectivity index (χ1v) is 9.82. The summed E-state index contributed by atoms with van der Waals surface area (Å²) in [5, 5.41) is 9.98. The van der Waals surface area contributed by atoms with Gasteiger partial charge in [0.05, 0.1) is 18.6 Å². The maximum atomic E-state index is 11.6. The Morgan fingerprint density at radius 1 is 1.20 bits per heavy atom. The molecule has 1 aliphatic rings. The average molecular weight is 353 g/mol. The molecule has 0 aliphatic carbocycles. The van der Waals surface area contributed by atoms with E-state index in [1.807, 2.05) is 13.8 Å². The van der Waals surface area contributed by atoms with Gasteiger partial charge in [0.1, 0.15) is 12.2 Å². The molecule has 0 bridgehead atoms. The minimum absolute atomic E-state index is 0.0649. The predicted molar refractivity (Wildman–Crippen MR) is 100 cm³/mol. The summed E-state index contributed by atoms with van der Waals surface area (Å²) in [6, 6.07) is 0. The molecule has 0 aromatic carbocycles. The van der Waals surface area contributed by atoms with Gasteiger partial charge in [-0.25, -0.2) is 0 Å². The van der Waals surface area contributed by atoms with Gasteiger partial charge in [-0.1, -0.05) is 51.4 Å². The number of unbranched alkanes of at least 4 members (excludes halogenated alkanes) is 6. The second-order valence-electron chi connectivity index (χ2n) is 7.69. The zero-order chi connectivity index (χ0) is 18.7. The summed E-state index contributed by atoms with van der Waals surface area (Å²) in [5.41, 5.74) is -0.392. The first-order chi connectivity index (χ1) is 11.9. The van der Waals surface area contributed by atoms with Crippen LogP contribution in [0.3, 0.4) is 0 Å². The summed E-state index contributed by atoms with van der Waals surface area (Å²) in [6.45, 7) is 6.05. The molecule has 1 heterocycles. The fourth-order valence-electron chi connectivity index (χ4n) is 3.03. The van der Waals surface area contributed by atoms with Gasteiger partial charge in [0, 0.05) is 6.42 Å². The van der Waals surface area contributed by atoms with Crippen LogP contribution in [0.15, 0.2) is 0 Å². The van der Waals surface area contributed by atoms with E-state index in [4.69, 9.17) is 9.47 Å². The zero-order valence-electron chi connectivity index (χ0n) is 16.5. The molecule has 0 amide bonds. The normalized spacial score (nSPS) is 20.5. The quantitative estimate of drug-likeness (QED) is 0.247. The molecule has 1 rings (SSSR count).